The summed E-state index contributed by atoms with van der Waals surface area (Å²) in [5.74, 6) is 0.861. The fraction of sp³-hybridized carbons (Fsp3) is 0.222. The number of aromatic nitrogens is 2. The van der Waals surface area contributed by atoms with E-state index in [1.165, 1.54) is 0 Å². The minimum Gasteiger partial charge on any atom is -0.491 e. The van der Waals surface area contributed by atoms with Gasteiger partial charge in [-0.25, -0.2) is 4.98 Å². The Labute approximate surface area is 193 Å². The molecule has 0 bridgehead atoms. The number of fused-ring (bicyclic) bond motifs is 1. The summed E-state index contributed by atoms with van der Waals surface area (Å²) in [6.07, 6.45) is 6.14. The van der Waals surface area contributed by atoms with Gasteiger partial charge < -0.3 is 4.74 Å². The van der Waals surface area contributed by atoms with E-state index in [0.29, 0.717) is 0 Å². The van der Waals surface area contributed by atoms with Crippen LogP contribution in [0.25, 0.3) is 39.3 Å². The van der Waals surface area contributed by atoms with Crippen molar-refractivity contribution in [1.29, 1.82) is 0 Å². The lowest BCUT2D eigenvalue weighted by Crippen LogP contribution is -2.12. The Kier molecular flexibility index (Phi) is 6.20. The van der Waals surface area contributed by atoms with Crippen LogP contribution in [0.5, 0.6) is 5.75 Å². The van der Waals surface area contributed by atoms with Crippen molar-refractivity contribution < 1.29 is 4.74 Å². The standard InChI is InChI=1S/C27H27N5O/c1-19(2)33-24-14-12-23(13-15-24)32-18-29-25-17-21(9-16-26(25)32)6-5-20-7-10-22(11-8-20)27(3,4)30-31-28/h5-19H,1-4H3/b6-5+. The third-order valence-corrected chi connectivity index (χ3v) is 5.44. The maximum absolute atomic E-state index is 8.74. The average molecular weight is 438 g/mol. The van der Waals surface area contributed by atoms with E-state index in [4.69, 9.17) is 10.3 Å². The molecule has 6 nitrogen and oxygen atoms in total. The minimum absolute atomic E-state index is 0.152. The van der Waals surface area contributed by atoms with E-state index in [2.05, 4.69) is 49.9 Å². The summed E-state index contributed by atoms with van der Waals surface area (Å²) in [6.45, 7) is 7.84. The second-order valence-corrected chi connectivity index (χ2v) is 8.73. The largest absolute Gasteiger partial charge is 0.491 e. The number of rotatable bonds is 7. The second kappa shape index (κ2) is 9.23. The van der Waals surface area contributed by atoms with Gasteiger partial charge in [0.1, 0.15) is 12.1 Å². The van der Waals surface area contributed by atoms with Crippen molar-refractivity contribution in [2.45, 2.75) is 39.3 Å². The molecular weight excluding hydrogens is 410 g/mol. The molecule has 0 aliphatic carbocycles. The van der Waals surface area contributed by atoms with Gasteiger partial charge in [0.2, 0.25) is 0 Å². The molecule has 0 amide bonds. The molecule has 0 saturated carbocycles. The summed E-state index contributed by atoms with van der Waals surface area (Å²) in [4.78, 5) is 7.54. The Bertz CT molecular complexity index is 1330. The van der Waals surface area contributed by atoms with Crippen molar-refractivity contribution in [2.24, 2.45) is 5.11 Å². The van der Waals surface area contributed by atoms with Crippen LogP contribution in [0.15, 0.2) is 78.2 Å². The number of azide groups is 1. The van der Waals surface area contributed by atoms with E-state index in [1.807, 2.05) is 82.6 Å². The molecule has 3 aromatic carbocycles. The molecule has 0 aliphatic heterocycles. The van der Waals surface area contributed by atoms with Crippen LogP contribution in [0.2, 0.25) is 0 Å². The van der Waals surface area contributed by atoms with Crippen molar-refractivity contribution in [1.82, 2.24) is 9.55 Å². The molecule has 0 N–H and O–H groups in total. The van der Waals surface area contributed by atoms with E-state index in [1.54, 1.807) is 0 Å². The second-order valence-electron chi connectivity index (χ2n) is 8.73. The SMILES string of the molecule is CC(C)Oc1ccc(-n2cnc3cc(/C=C/c4ccc(C(C)(C)N=[N+]=[N-])cc4)ccc32)cc1. The highest BCUT2D eigenvalue weighted by Gasteiger charge is 2.17. The molecule has 0 aliphatic rings. The zero-order chi connectivity index (χ0) is 23.4. The highest BCUT2D eigenvalue weighted by Crippen LogP contribution is 2.26. The first-order valence-electron chi connectivity index (χ1n) is 10.9. The molecule has 166 valence electrons. The number of hydrogen-bond acceptors (Lipinski definition) is 3. The van der Waals surface area contributed by atoms with Gasteiger partial charge in [-0.3, -0.25) is 4.57 Å². The Morgan fingerprint density at radius 2 is 1.64 bits per heavy atom. The Morgan fingerprint density at radius 3 is 2.30 bits per heavy atom. The summed E-state index contributed by atoms with van der Waals surface area (Å²) in [5.41, 5.74) is 14.3. The quantitative estimate of drug-likeness (QED) is 0.130. The number of hydrogen-bond donors (Lipinski definition) is 0. The Balaban J connectivity index is 1.52. The molecular formula is C27H27N5O. The van der Waals surface area contributed by atoms with Crippen LogP contribution < -0.4 is 4.74 Å². The molecule has 0 unspecified atom stereocenters. The van der Waals surface area contributed by atoms with Crippen LogP contribution in [0.1, 0.15) is 44.4 Å². The fourth-order valence-corrected chi connectivity index (χ4v) is 3.66. The third-order valence-electron chi connectivity index (χ3n) is 5.44. The van der Waals surface area contributed by atoms with Gasteiger partial charge in [0, 0.05) is 10.6 Å². The highest BCUT2D eigenvalue weighted by molar-refractivity contribution is 5.82. The van der Waals surface area contributed by atoms with Crippen LogP contribution in [0.4, 0.5) is 0 Å². The van der Waals surface area contributed by atoms with Gasteiger partial charge in [-0.2, -0.15) is 0 Å². The molecule has 0 spiro atoms. The zero-order valence-electron chi connectivity index (χ0n) is 19.3. The average Bonchev–Trinajstić information content (AvgIpc) is 3.21. The van der Waals surface area contributed by atoms with Crippen molar-refractivity contribution in [3.8, 4) is 11.4 Å². The molecule has 1 aromatic heterocycles. The van der Waals surface area contributed by atoms with Gasteiger partial charge in [0.15, 0.2) is 0 Å². The van der Waals surface area contributed by atoms with Gasteiger partial charge in [-0.1, -0.05) is 61.4 Å². The van der Waals surface area contributed by atoms with Crippen LogP contribution in [0.3, 0.4) is 0 Å². The summed E-state index contributed by atoms with van der Waals surface area (Å²) in [7, 11) is 0. The third kappa shape index (κ3) is 5.08. The van der Waals surface area contributed by atoms with Gasteiger partial charge in [-0.05, 0) is 72.5 Å². The normalized spacial score (nSPS) is 11.8. The first kappa shape index (κ1) is 22.2. The summed E-state index contributed by atoms with van der Waals surface area (Å²) >= 11 is 0. The Morgan fingerprint density at radius 1 is 0.970 bits per heavy atom. The number of nitrogens with zero attached hydrogens (tertiary/aromatic N) is 5. The van der Waals surface area contributed by atoms with Gasteiger partial charge in [0.25, 0.3) is 0 Å². The monoisotopic (exact) mass is 437 g/mol. The van der Waals surface area contributed by atoms with Crippen molar-refractivity contribution >= 4 is 23.2 Å². The number of imidazole rings is 1. The zero-order valence-corrected chi connectivity index (χ0v) is 19.3. The van der Waals surface area contributed by atoms with E-state index in [-0.39, 0.29) is 6.10 Å². The molecule has 0 radical (unpaired) electrons. The van der Waals surface area contributed by atoms with Gasteiger partial charge in [-0.15, -0.1) is 0 Å². The van der Waals surface area contributed by atoms with E-state index in [9.17, 15) is 0 Å². The predicted molar refractivity (Wildman–Crippen MR) is 134 cm³/mol. The highest BCUT2D eigenvalue weighted by atomic mass is 16.5. The van der Waals surface area contributed by atoms with E-state index < -0.39 is 5.54 Å². The van der Waals surface area contributed by atoms with Crippen LogP contribution in [-0.4, -0.2) is 15.7 Å². The summed E-state index contributed by atoms with van der Waals surface area (Å²) < 4.78 is 7.81. The Hall–Kier alpha value is -4.02. The molecule has 4 rings (SSSR count). The molecule has 33 heavy (non-hydrogen) atoms. The van der Waals surface area contributed by atoms with Gasteiger partial charge in [0.05, 0.1) is 22.7 Å². The first-order chi connectivity index (χ1) is 15.9. The lowest BCUT2D eigenvalue weighted by atomic mass is 9.94. The van der Waals surface area contributed by atoms with Crippen molar-refractivity contribution in [2.75, 3.05) is 0 Å². The molecule has 1 heterocycles. The predicted octanol–water partition coefficient (Wildman–Crippen LogP) is 7.53. The lowest BCUT2D eigenvalue weighted by Gasteiger charge is -2.18. The van der Waals surface area contributed by atoms with Crippen molar-refractivity contribution in [3.05, 3.63) is 100 Å². The summed E-state index contributed by atoms with van der Waals surface area (Å²) in [6, 6.07) is 22.4. The van der Waals surface area contributed by atoms with Crippen molar-refractivity contribution in [3.63, 3.8) is 0 Å². The van der Waals surface area contributed by atoms with E-state index >= 15 is 0 Å². The number of ether oxygens (including phenoxy) is 1. The molecule has 0 atom stereocenters. The van der Waals surface area contributed by atoms with E-state index in [0.717, 1.165) is 39.2 Å². The first-order valence-corrected chi connectivity index (χ1v) is 10.9. The van der Waals surface area contributed by atoms with Crippen LogP contribution in [-0.2, 0) is 5.54 Å². The number of benzene rings is 3. The molecule has 6 heteroatoms. The fourth-order valence-electron chi connectivity index (χ4n) is 3.66. The smallest absolute Gasteiger partial charge is 0.119 e. The lowest BCUT2D eigenvalue weighted by molar-refractivity contribution is 0.242. The molecule has 0 fully saturated rings. The van der Waals surface area contributed by atoms with Crippen LogP contribution >= 0.6 is 0 Å². The van der Waals surface area contributed by atoms with Crippen LogP contribution in [0, 0.1) is 0 Å². The molecule has 0 saturated heterocycles. The topological polar surface area (TPSA) is 75.8 Å². The molecule has 4 aromatic rings. The summed E-state index contributed by atoms with van der Waals surface area (Å²) in [5, 5.41) is 3.87. The maximum Gasteiger partial charge on any atom is 0.119 e. The van der Waals surface area contributed by atoms with Gasteiger partial charge >= 0.3 is 0 Å². The maximum atomic E-state index is 8.74. The minimum atomic E-state index is -0.567.